The van der Waals surface area contributed by atoms with Crippen LogP contribution in [0.3, 0.4) is 0 Å². The Morgan fingerprint density at radius 1 is 1.24 bits per heavy atom. The molecule has 1 aliphatic rings. The van der Waals surface area contributed by atoms with Crippen LogP contribution in [0.25, 0.3) is 0 Å². The minimum atomic E-state index is 0. The van der Waals surface area contributed by atoms with Gasteiger partial charge in [-0.15, -0.1) is 24.0 Å². The van der Waals surface area contributed by atoms with Crippen molar-refractivity contribution in [2.75, 3.05) is 45.2 Å². The van der Waals surface area contributed by atoms with Crippen molar-refractivity contribution in [3.05, 3.63) is 0 Å². The third-order valence-electron chi connectivity index (χ3n) is 3.92. The van der Waals surface area contributed by atoms with Crippen molar-refractivity contribution in [3.63, 3.8) is 0 Å². The molecule has 0 aliphatic carbocycles. The zero-order chi connectivity index (χ0) is 14.6. The summed E-state index contributed by atoms with van der Waals surface area (Å²) in [5, 5.41) is 6.89. The fourth-order valence-corrected chi connectivity index (χ4v) is 3.14. The van der Waals surface area contributed by atoms with E-state index in [-0.39, 0.29) is 24.0 Å². The quantitative estimate of drug-likeness (QED) is 0.257. The van der Waals surface area contributed by atoms with Gasteiger partial charge in [-0.2, -0.15) is 11.8 Å². The molecule has 1 rings (SSSR count). The van der Waals surface area contributed by atoms with Gasteiger partial charge in [-0.05, 0) is 57.2 Å². The summed E-state index contributed by atoms with van der Waals surface area (Å²) in [5.41, 5.74) is 0. The maximum atomic E-state index is 4.31. The molecule has 126 valence electrons. The number of nitrogens with one attached hydrogen (secondary N) is 2. The summed E-state index contributed by atoms with van der Waals surface area (Å²) < 4.78 is 0. The van der Waals surface area contributed by atoms with Crippen LogP contribution in [0.4, 0.5) is 0 Å². The first kappa shape index (κ1) is 21.3. The zero-order valence-electron chi connectivity index (χ0n) is 13.9. The summed E-state index contributed by atoms with van der Waals surface area (Å²) in [6, 6.07) is 0.646. The molecule has 0 saturated carbocycles. The average molecular weight is 428 g/mol. The van der Waals surface area contributed by atoms with E-state index >= 15 is 0 Å². The highest BCUT2D eigenvalue weighted by Gasteiger charge is 2.20. The second-order valence-corrected chi connectivity index (χ2v) is 6.37. The standard InChI is InChI=1S/C15H32N4S.HI/c1-4-14(19-10-6-7-11-19)13-18-15(16-2)17-9-5-8-12-20-3;/h14H,4-13H2,1-3H3,(H2,16,17,18);1H. The van der Waals surface area contributed by atoms with Crippen LogP contribution in [0.15, 0.2) is 4.99 Å². The smallest absolute Gasteiger partial charge is 0.191 e. The third-order valence-corrected chi connectivity index (χ3v) is 4.62. The van der Waals surface area contributed by atoms with Gasteiger partial charge in [0, 0.05) is 26.2 Å². The number of rotatable bonds is 9. The van der Waals surface area contributed by atoms with Gasteiger partial charge in [-0.3, -0.25) is 9.89 Å². The number of nitrogens with zero attached hydrogens (tertiary/aromatic N) is 2. The van der Waals surface area contributed by atoms with E-state index < -0.39 is 0 Å². The number of halogens is 1. The molecule has 1 atom stereocenters. The Morgan fingerprint density at radius 2 is 1.95 bits per heavy atom. The second kappa shape index (κ2) is 13.9. The van der Waals surface area contributed by atoms with Crippen LogP contribution in [-0.4, -0.2) is 62.1 Å². The van der Waals surface area contributed by atoms with Crippen LogP contribution in [0, 0.1) is 0 Å². The Labute approximate surface area is 152 Å². The molecular formula is C15H33IN4S. The van der Waals surface area contributed by atoms with Crippen molar-refractivity contribution in [2.24, 2.45) is 4.99 Å². The predicted molar refractivity (Wildman–Crippen MR) is 107 cm³/mol. The largest absolute Gasteiger partial charge is 0.356 e. The summed E-state index contributed by atoms with van der Waals surface area (Å²) >= 11 is 1.92. The van der Waals surface area contributed by atoms with E-state index in [1.165, 1.54) is 50.9 Å². The van der Waals surface area contributed by atoms with Crippen LogP contribution in [0.5, 0.6) is 0 Å². The fourth-order valence-electron chi connectivity index (χ4n) is 2.65. The fraction of sp³-hybridized carbons (Fsp3) is 0.933. The Balaban J connectivity index is 0.00000400. The lowest BCUT2D eigenvalue weighted by molar-refractivity contribution is 0.236. The van der Waals surface area contributed by atoms with Crippen molar-refractivity contribution in [1.29, 1.82) is 0 Å². The molecule has 1 fully saturated rings. The molecule has 0 amide bonds. The highest BCUT2D eigenvalue weighted by atomic mass is 127. The Bertz CT molecular complexity index is 270. The molecule has 6 heteroatoms. The molecule has 0 aromatic rings. The maximum absolute atomic E-state index is 4.31. The second-order valence-electron chi connectivity index (χ2n) is 5.38. The molecule has 0 aromatic carbocycles. The summed E-state index contributed by atoms with van der Waals surface area (Å²) in [6.45, 7) is 6.83. The van der Waals surface area contributed by atoms with E-state index in [2.05, 4.69) is 33.7 Å². The number of likely N-dealkylation sites (tertiary alicyclic amines) is 1. The lowest BCUT2D eigenvalue weighted by Gasteiger charge is -2.27. The molecule has 1 unspecified atom stereocenters. The van der Waals surface area contributed by atoms with Gasteiger partial charge in [-0.1, -0.05) is 6.92 Å². The van der Waals surface area contributed by atoms with Crippen molar-refractivity contribution in [2.45, 2.75) is 45.1 Å². The lowest BCUT2D eigenvalue weighted by Crippen LogP contribution is -2.46. The van der Waals surface area contributed by atoms with E-state index in [0.29, 0.717) is 6.04 Å². The monoisotopic (exact) mass is 428 g/mol. The van der Waals surface area contributed by atoms with Crippen LogP contribution in [0.1, 0.15) is 39.0 Å². The molecule has 1 saturated heterocycles. The van der Waals surface area contributed by atoms with Crippen molar-refractivity contribution in [3.8, 4) is 0 Å². The summed E-state index contributed by atoms with van der Waals surface area (Å²) in [6.07, 6.45) is 8.58. The molecule has 1 aliphatic heterocycles. The summed E-state index contributed by atoms with van der Waals surface area (Å²) in [5.74, 6) is 2.20. The molecule has 0 aromatic heterocycles. The number of unbranched alkanes of at least 4 members (excludes halogenated alkanes) is 1. The molecule has 0 radical (unpaired) electrons. The molecule has 21 heavy (non-hydrogen) atoms. The van der Waals surface area contributed by atoms with Gasteiger partial charge in [0.25, 0.3) is 0 Å². The van der Waals surface area contributed by atoms with E-state index in [1.54, 1.807) is 0 Å². The molecule has 0 bridgehead atoms. The number of hydrogen-bond donors (Lipinski definition) is 2. The van der Waals surface area contributed by atoms with E-state index in [4.69, 9.17) is 0 Å². The van der Waals surface area contributed by atoms with Gasteiger partial charge < -0.3 is 10.6 Å². The van der Waals surface area contributed by atoms with Crippen LogP contribution < -0.4 is 10.6 Å². The van der Waals surface area contributed by atoms with Crippen molar-refractivity contribution in [1.82, 2.24) is 15.5 Å². The summed E-state index contributed by atoms with van der Waals surface area (Å²) in [7, 11) is 1.86. The van der Waals surface area contributed by atoms with Crippen molar-refractivity contribution >= 4 is 41.7 Å². The van der Waals surface area contributed by atoms with Gasteiger partial charge in [-0.25, -0.2) is 0 Å². The first-order valence-corrected chi connectivity index (χ1v) is 9.38. The van der Waals surface area contributed by atoms with E-state index in [0.717, 1.165) is 19.0 Å². The number of hydrogen-bond acceptors (Lipinski definition) is 3. The molecule has 4 nitrogen and oxygen atoms in total. The predicted octanol–water partition coefficient (Wildman–Crippen LogP) is 2.79. The van der Waals surface area contributed by atoms with Crippen LogP contribution in [-0.2, 0) is 0 Å². The Morgan fingerprint density at radius 3 is 2.52 bits per heavy atom. The highest BCUT2D eigenvalue weighted by molar-refractivity contribution is 14.0. The van der Waals surface area contributed by atoms with Crippen LogP contribution >= 0.6 is 35.7 Å². The molecule has 1 heterocycles. The van der Waals surface area contributed by atoms with Crippen molar-refractivity contribution < 1.29 is 0 Å². The van der Waals surface area contributed by atoms with Gasteiger partial charge in [0.1, 0.15) is 0 Å². The van der Waals surface area contributed by atoms with E-state index in [1.807, 2.05) is 18.8 Å². The SMILES string of the molecule is CCC(CNC(=NC)NCCCCSC)N1CCCC1.I. The minimum Gasteiger partial charge on any atom is -0.356 e. The topological polar surface area (TPSA) is 39.7 Å². The maximum Gasteiger partial charge on any atom is 0.191 e. The number of aliphatic imine (C=N–C) groups is 1. The molecule has 2 N–H and O–H groups in total. The average Bonchev–Trinajstić information content (AvgIpc) is 2.99. The minimum absolute atomic E-state index is 0. The van der Waals surface area contributed by atoms with Gasteiger partial charge in [0.2, 0.25) is 0 Å². The van der Waals surface area contributed by atoms with E-state index in [9.17, 15) is 0 Å². The first-order chi connectivity index (χ1) is 9.81. The molecular weight excluding hydrogens is 395 g/mol. The first-order valence-electron chi connectivity index (χ1n) is 7.99. The van der Waals surface area contributed by atoms with Crippen LogP contribution in [0.2, 0.25) is 0 Å². The zero-order valence-corrected chi connectivity index (χ0v) is 17.0. The van der Waals surface area contributed by atoms with Gasteiger partial charge in [0.05, 0.1) is 0 Å². The summed E-state index contributed by atoms with van der Waals surface area (Å²) in [4.78, 5) is 6.92. The number of guanidine groups is 1. The Kier molecular flexibility index (Phi) is 14.1. The number of thioether (sulfide) groups is 1. The van der Waals surface area contributed by atoms with Gasteiger partial charge in [0.15, 0.2) is 5.96 Å². The highest BCUT2D eigenvalue weighted by Crippen LogP contribution is 2.13. The lowest BCUT2D eigenvalue weighted by atomic mass is 10.2. The molecule has 0 spiro atoms. The Hall–Kier alpha value is 0.310. The normalized spacial score (nSPS) is 17.4. The third kappa shape index (κ3) is 9.13. The van der Waals surface area contributed by atoms with Gasteiger partial charge >= 0.3 is 0 Å².